The molecule has 2 N–H and O–H groups in total. The molecule has 1 unspecified atom stereocenters. The summed E-state index contributed by atoms with van der Waals surface area (Å²) in [6.07, 6.45) is 0. The van der Waals surface area contributed by atoms with E-state index in [0.717, 1.165) is 12.2 Å². The van der Waals surface area contributed by atoms with E-state index < -0.39 is 5.82 Å². The molecule has 0 spiro atoms. The lowest BCUT2D eigenvalue weighted by Gasteiger charge is -2.08. The Bertz CT molecular complexity index is 600. The minimum Gasteiger partial charge on any atom is -0.309 e. The average molecular weight is 293 g/mol. The van der Waals surface area contributed by atoms with Crippen LogP contribution in [0.3, 0.4) is 0 Å². The van der Waals surface area contributed by atoms with Crippen molar-refractivity contribution in [2.45, 2.75) is 19.9 Å². The normalized spacial score (nSPS) is 12.2. The Labute approximate surface area is 121 Å². The number of nitrogens with zero attached hydrogens (tertiary/aromatic N) is 1. The molecule has 1 aromatic heterocycles. The van der Waals surface area contributed by atoms with Crippen LogP contribution in [-0.4, -0.2) is 17.4 Å². The van der Waals surface area contributed by atoms with Gasteiger partial charge in [0, 0.05) is 17.0 Å². The molecular weight excluding hydrogens is 277 g/mol. The van der Waals surface area contributed by atoms with E-state index in [0.29, 0.717) is 5.13 Å². The highest BCUT2D eigenvalue weighted by molar-refractivity contribution is 7.14. The summed E-state index contributed by atoms with van der Waals surface area (Å²) in [5, 5.41) is 8.34. The molecule has 0 aliphatic carbocycles. The van der Waals surface area contributed by atoms with E-state index in [1.54, 1.807) is 6.07 Å². The molecule has 2 rings (SSSR count). The zero-order chi connectivity index (χ0) is 14.5. The molecule has 1 aromatic carbocycles. The summed E-state index contributed by atoms with van der Waals surface area (Å²) in [5.41, 5.74) is 1.16. The lowest BCUT2D eigenvalue weighted by molar-refractivity contribution is 0.102. The van der Waals surface area contributed by atoms with Crippen molar-refractivity contribution in [1.29, 1.82) is 0 Å². The third-order valence-electron chi connectivity index (χ3n) is 2.78. The van der Waals surface area contributed by atoms with Crippen molar-refractivity contribution in [3.63, 3.8) is 0 Å². The molecule has 6 heteroatoms. The molecule has 20 heavy (non-hydrogen) atoms. The molecule has 0 fully saturated rings. The summed E-state index contributed by atoms with van der Waals surface area (Å²) in [4.78, 5) is 16.3. The first kappa shape index (κ1) is 14.6. The summed E-state index contributed by atoms with van der Waals surface area (Å²) < 4.78 is 13.1. The standard InChI is InChI=1S/C14H16FN3OS/c1-3-16-9(2)12-8-20-14(17-12)18-13(19)10-5-4-6-11(15)7-10/h4-9,16H,3H2,1-2H3,(H,17,18,19). The number of amides is 1. The second kappa shape index (κ2) is 6.58. The molecule has 0 aliphatic heterocycles. The molecule has 0 saturated heterocycles. The number of anilines is 1. The number of carbonyl (C=O) groups excluding carboxylic acids is 1. The minimum atomic E-state index is -0.432. The lowest BCUT2D eigenvalue weighted by atomic mass is 10.2. The monoisotopic (exact) mass is 293 g/mol. The van der Waals surface area contributed by atoms with Gasteiger partial charge in [-0.1, -0.05) is 13.0 Å². The van der Waals surface area contributed by atoms with Crippen LogP contribution in [0.2, 0.25) is 0 Å². The lowest BCUT2D eigenvalue weighted by Crippen LogP contribution is -2.18. The number of thiazole rings is 1. The van der Waals surface area contributed by atoms with E-state index in [9.17, 15) is 9.18 Å². The van der Waals surface area contributed by atoms with Crippen molar-refractivity contribution in [3.05, 3.63) is 46.7 Å². The molecule has 0 aliphatic rings. The molecule has 0 bridgehead atoms. The Morgan fingerprint density at radius 3 is 3.00 bits per heavy atom. The maximum Gasteiger partial charge on any atom is 0.257 e. The average Bonchev–Trinajstić information content (AvgIpc) is 2.87. The largest absolute Gasteiger partial charge is 0.309 e. The minimum absolute atomic E-state index is 0.135. The Kier molecular flexibility index (Phi) is 4.81. The fourth-order valence-electron chi connectivity index (χ4n) is 1.75. The van der Waals surface area contributed by atoms with Crippen LogP contribution in [0.15, 0.2) is 29.6 Å². The summed E-state index contributed by atoms with van der Waals surface area (Å²) in [7, 11) is 0. The fraction of sp³-hybridized carbons (Fsp3) is 0.286. The number of nitrogens with one attached hydrogen (secondary N) is 2. The molecular formula is C14H16FN3OS. The van der Waals surface area contributed by atoms with E-state index in [4.69, 9.17) is 0 Å². The molecule has 106 valence electrons. The van der Waals surface area contributed by atoms with Crippen molar-refractivity contribution in [2.75, 3.05) is 11.9 Å². The van der Waals surface area contributed by atoms with Crippen LogP contribution < -0.4 is 10.6 Å². The Morgan fingerprint density at radius 2 is 2.30 bits per heavy atom. The molecule has 0 saturated carbocycles. The van der Waals surface area contributed by atoms with Crippen LogP contribution in [0, 0.1) is 5.82 Å². The highest BCUT2D eigenvalue weighted by Crippen LogP contribution is 2.21. The Hall–Kier alpha value is -1.79. The van der Waals surface area contributed by atoms with Crippen molar-refractivity contribution in [2.24, 2.45) is 0 Å². The fourth-order valence-corrected chi connectivity index (χ4v) is 2.55. The first-order valence-corrected chi connectivity index (χ1v) is 7.24. The Morgan fingerprint density at radius 1 is 1.50 bits per heavy atom. The molecule has 1 amide bonds. The maximum atomic E-state index is 13.1. The second-order valence-corrected chi connectivity index (χ2v) is 5.18. The number of benzene rings is 1. The number of carbonyl (C=O) groups is 1. The molecule has 2 aromatic rings. The highest BCUT2D eigenvalue weighted by atomic mass is 32.1. The van der Waals surface area contributed by atoms with E-state index in [1.807, 2.05) is 19.2 Å². The van der Waals surface area contributed by atoms with Crippen LogP contribution in [0.4, 0.5) is 9.52 Å². The van der Waals surface area contributed by atoms with Gasteiger partial charge in [-0.05, 0) is 31.7 Å². The molecule has 1 heterocycles. The SMILES string of the molecule is CCNC(C)c1csc(NC(=O)c2cccc(F)c2)n1. The number of rotatable bonds is 5. The molecule has 0 radical (unpaired) electrons. The first-order chi connectivity index (χ1) is 9.60. The van der Waals surface area contributed by atoms with Crippen LogP contribution in [0.1, 0.15) is 35.9 Å². The van der Waals surface area contributed by atoms with Gasteiger partial charge in [-0.3, -0.25) is 10.1 Å². The smallest absolute Gasteiger partial charge is 0.257 e. The Balaban J connectivity index is 2.05. The zero-order valence-corrected chi connectivity index (χ0v) is 12.1. The van der Waals surface area contributed by atoms with Gasteiger partial charge in [0.1, 0.15) is 5.82 Å². The van der Waals surface area contributed by atoms with Crippen molar-refractivity contribution >= 4 is 22.4 Å². The summed E-state index contributed by atoms with van der Waals surface area (Å²) >= 11 is 1.35. The van der Waals surface area contributed by atoms with Gasteiger partial charge in [-0.2, -0.15) is 0 Å². The van der Waals surface area contributed by atoms with Crippen molar-refractivity contribution in [1.82, 2.24) is 10.3 Å². The van der Waals surface area contributed by atoms with Crippen molar-refractivity contribution in [3.8, 4) is 0 Å². The summed E-state index contributed by atoms with van der Waals surface area (Å²) in [6.45, 7) is 4.88. The highest BCUT2D eigenvalue weighted by Gasteiger charge is 2.12. The number of hydrogen-bond acceptors (Lipinski definition) is 4. The summed E-state index contributed by atoms with van der Waals surface area (Å²) in [5.74, 6) is -0.792. The maximum absolute atomic E-state index is 13.1. The van der Waals surface area contributed by atoms with E-state index in [2.05, 4.69) is 15.6 Å². The second-order valence-electron chi connectivity index (χ2n) is 4.32. The molecule has 1 atom stereocenters. The van der Waals surface area contributed by atoms with Gasteiger partial charge in [-0.15, -0.1) is 11.3 Å². The first-order valence-electron chi connectivity index (χ1n) is 6.36. The van der Waals surface area contributed by atoms with Gasteiger partial charge in [0.25, 0.3) is 5.91 Å². The number of aromatic nitrogens is 1. The quantitative estimate of drug-likeness (QED) is 0.890. The van der Waals surface area contributed by atoms with Crippen LogP contribution >= 0.6 is 11.3 Å². The van der Waals surface area contributed by atoms with Crippen LogP contribution in [0.25, 0.3) is 0 Å². The van der Waals surface area contributed by atoms with Gasteiger partial charge < -0.3 is 5.32 Å². The third kappa shape index (κ3) is 3.61. The topological polar surface area (TPSA) is 54.0 Å². The number of hydrogen-bond donors (Lipinski definition) is 2. The van der Waals surface area contributed by atoms with Gasteiger partial charge >= 0.3 is 0 Å². The van der Waals surface area contributed by atoms with Crippen molar-refractivity contribution < 1.29 is 9.18 Å². The van der Waals surface area contributed by atoms with E-state index >= 15 is 0 Å². The van der Waals surface area contributed by atoms with Crippen LogP contribution in [-0.2, 0) is 0 Å². The predicted molar refractivity (Wildman–Crippen MR) is 78.6 cm³/mol. The van der Waals surface area contributed by atoms with E-state index in [1.165, 1.54) is 29.5 Å². The predicted octanol–water partition coefficient (Wildman–Crippen LogP) is 3.21. The van der Waals surface area contributed by atoms with Gasteiger partial charge in [-0.25, -0.2) is 9.37 Å². The van der Waals surface area contributed by atoms with Gasteiger partial charge in [0.15, 0.2) is 5.13 Å². The van der Waals surface area contributed by atoms with Gasteiger partial charge in [0.05, 0.1) is 5.69 Å². The molecule has 4 nitrogen and oxygen atoms in total. The van der Waals surface area contributed by atoms with Gasteiger partial charge in [0.2, 0.25) is 0 Å². The van der Waals surface area contributed by atoms with Crippen LogP contribution in [0.5, 0.6) is 0 Å². The third-order valence-corrected chi connectivity index (χ3v) is 3.56. The number of halogens is 1. The summed E-state index contributed by atoms with van der Waals surface area (Å²) in [6, 6.07) is 5.71. The zero-order valence-electron chi connectivity index (χ0n) is 11.3. The van der Waals surface area contributed by atoms with E-state index in [-0.39, 0.29) is 17.5 Å².